The van der Waals surface area contributed by atoms with E-state index in [-0.39, 0.29) is 19.3 Å². The highest BCUT2D eigenvalue weighted by atomic mass is 16.7. The van der Waals surface area contributed by atoms with Crippen molar-refractivity contribution in [1.82, 2.24) is 5.32 Å². The Balaban J connectivity index is 0.000000437. The van der Waals surface area contributed by atoms with Crippen LogP contribution < -0.4 is 10.4 Å². The molecule has 0 aromatic rings. The third-order valence-electron chi connectivity index (χ3n) is 6.50. The molecule has 42 heavy (non-hydrogen) atoms. The number of rotatable bonds is 13. The number of ether oxygens (including phenoxy) is 3. The Morgan fingerprint density at radius 3 is 2.26 bits per heavy atom. The van der Waals surface area contributed by atoms with E-state index in [9.17, 15) is 45.0 Å². The van der Waals surface area contributed by atoms with Crippen molar-refractivity contribution >= 4 is 17.7 Å². The average Bonchev–Trinajstić information content (AvgIpc) is 2.98. The van der Waals surface area contributed by atoms with Crippen molar-refractivity contribution in [2.45, 2.75) is 74.0 Å². The number of methoxy groups -OCH3 is 1. The summed E-state index contributed by atoms with van der Waals surface area (Å²) >= 11 is 0. The van der Waals surface area contributed by atoms with E-state index in [1.807, 2.05) is 0 Å². The molecule has 238 valence electrons. The maximum absolute atomic E-state index is 11.8. The molecule has 0 saturated carbocycles. The van der Waals surface area contributed by atoms with Gasteiger partial charge < -0.3 is 65.2 Å². The molecule has 4 unspecified atom stereocenters. The van der Waals surface area contributed by atoms with Crippen molar-refractivity contribution in [1.29, 1.82) is 0 Å². The maximum Gasteiger partial charge on any atom is 0.226 e. The molecule has 2 fully saturated rings. The number of aliphatic hydroxyl groups excluding tert-OH is 7. The van der Waals surface area contributed by atoms with E-state index >= 15 is 0 Å². The van der Waals surface area contributed by atoms with Crippen LogP contribution in [0.5, 0.6) is 0 Å². The average molecular weight is 609 g/mol. The van der Waals surface area contributed by atoms with Crippen molar-refractivity contribution in [3.63, 3.8) is 0 Å². The van der Waals surface area contributed by atoms with E-state index in [1.54, 1.807) is 0 Å². The van der Waals surface area contributed by atoms with Crippen LogP contribution >= 0.6 is 0 Å². The second kappa shape index (κ2) is 17.7. The molecule has 1 amide bonds. The smallest absolute Gasteiger partial charge is 0.226 e. The molecule has 0 bridgehead atoms. The minimum absolute atomic E-state index is 0.115. The SMILES string of the molecule is CO[C@]1(C(=O)[O-])CC[C@@H](CC(=O)CN=[N+]=[N-])C([C@H](O)[C@H](O)CO)O1.[N-]=[N+]=NCC(=O)NC1C(O)OC(CO)[C@@H](O)[C@@H]1O. The van der Waals surface area contributed by atoms with Gasteiger partial charge in [0.05, 0.1) is 25.9 Å². The van der Waals surface area contributed by atoms with Crippen LogP contribution in [-0.2, 0) is 28.6 Å². The molecule has 0 spiro atoms. The fraction of sp³-hybridized carbons (Fsp3) is 0.857. The van der Waals surface area contributed by atoms with Crippen LogP contribution in [0.3, 0.4) is 0 Å². The highest BCUT2D eigenvalue weighted by molar-refractivity contribution is 5.81. The number of nitrogens with zero attached hydrogens (tertiary/aromatic N) is 6. The molecule has 21 heteroatoms. The fourth-order valence-electron chi connectivity index (χ4n) is 4.24. The number of carbonyl (C=O) groups excluding carboxylic acids is 3. The zero-order valence-corrected chi connectivity index (χ0v) is 22.3. The first-order chi connectivity index (χ1) is 19.8. The fourth-order valence-corrected chi connectivity index (χ4v) is 4.24. The summed E-state index contributed by atoms with van der Waals surface area (Å²) in [5.41, 5.74) is 16.2. The second-order valence-electron chi connectivity index (χ2n) is 9.21. The van der Waals surface area contributed by atoms with Crippen molar-refractivity contribution in [2.75, 3.05) is 33.4 Å². The number of nitrogens with one attached hydrogen (secondary N) is 1. The summed E-state index contributed by atoms with van der Waals surface area (Å²) in [5.74, 6) is -5.61. The third-order valence-corrected chi connectivity index (χ3v) is 6.50. The molecule has 10 atom stereocenters. The predicted molar refractivity (Wildman–Crippen MR) is 131 cm³/mol. The molecule has 21 nitrogen and oxygen atoms in total. The number of carbonyl (C=O) groups is 3. The molecular formula is C21H34N7O14-. The lowest BCUT2D eigenvalue weighted by atomic mass is 9.82. The van der Waals surface area contributed by atoms with E-state index in [0.717, 1.165) is 7.11 Å². The van der Waals surface area contributed by atoms with Crippen LogP contribution in [0, 0.1) is 5.92 Å². The van der Waals surface area contributed by atoms with Gasteiger partial charge in [0, 0.05) is 29.8 Å². The van der Waals surface area contributed by atoms with Gasteiger partial charge in [-0.25, -0.2) is 0 Å². The number of aliphatic hydroxyl groups is 7. The van der Waals surface area contributed by atoms with Gasteiger partial charge in [0.15, 0.2) is 6.29 Å². The molecule has 2 aliphatic heterocycles. The van der Waals surface area contributed by atoms with Gasteiger partial charge in [0.1, 0.15) is 54.9 Å². The van der Waals surface area contributed by atoms with Gasteiger partial charge in [-0.3, -0.25) is 9.59 Å². The standard InChI is InChI=1S/C13H21N3O8.C8H14N4O6/c1-23-13(12(21)22)3-2-7(4-8(18)5-15-16-14)11(24-13)10(20)9(19)6-17;9-12-10-1-4(14)11-5-7(16)6(15)3(2-13)18-8(5)17/h7,9-11,17,19-20H,2-6H2,1H3,(H,21,22);3,5-8,13,15-17H,1-2H2,(H,11,14)/p-1/t7-,9+,10+,11?,13+;3?,5?,6-,7-,8?/m01/s1. The van der Waals surface area contributed by atoms with Gasteiger partial charge in [0.2, 0.25) is 11.7 Å². The summed E-state index contributed by atoms with van der Waals surface area (Å²) in [7, 11) is 1.09. The number of Topliss-reactive ketones (excluding diaryl/α,β-unsaturated/α-hetero) is 1. The Morgan fingerprint density at radius 1 is 1.12 bits per heavy atom. The lowest BCUT2D eigenvalue weighted by Gasteiger charge is -2.46. The van der Waals surface area contributed by atoms with E-state index < -0.39 is 105 Å². The lowest BCUT2D eigenvalue weighted by molar-refractivity contribution is -0.375. The first kappa shape index (κ1) is 36.9. The third kappa shape index (κ3) is 9.98. The van der Waals surface area contributed by atoms with Gasteiger partial charge >= 0.3 is 0 Å². The number of carboxylic acid groups (broad SMARTS) is 1. The Bertz CT molecular complexity index is 1010. The molecule has 0 aromatic carbocycles. The lowest BCUT2D eigenvalue weighted by Crippen LogP contribution is -2.64. The molecule has 2 saturated heterocycles. The van der Waals surface area contributed by atoms with Gasteiger partial charge in [-0.05, 0) is 23.4 Å². The summed E-state index contributed by atoms with van der Waals surface area (Å²) < 4.78 is 15.0. The van der Waals surface area contributed by atoms with Crippen LogP contribution in [0.1, 0.15) is 19.3 Å². The van der Waals surface area contributed by atoms with Gasteiger partial charge in [-0.2, -0.15) is 0 Å². The molecule has 2 heterocycles. The molecule has 0 aliphatic carbocycles. The quantitative estimate of drug-likeness (QED) is 0.0552. The Kier molecular flexibility index (Phi) is 15.5. The Labute approximate surface area is 237 Å². The van der Waals surface area contributed by atoms with Crippen LogP contribution in [0.15, 0.2) is 10.2 Å². The molecule has 0 radical (unpaired) electrons. The first-order valence-electron chi connectivity index (χ1n) is 12.4. The summed E-state index contributed by atoms with van der Waals surface area (Å²) in [6, 6.07) is -1.27. The van der Waals surface area contributed by atoms with Crippen molar-refractivity contribution < 1.29 is 69.4 Å². The molecule has 2 rings (SSSR count). The highest BCUT2D eigenvalue weighted by Gasteiger charge is 2.48. The predicted octanol–water partition coefficient (Wildman–Crippen LogP) is -4.93. The number of carboxylic acids is 1. The number of hydrogen-bond donors (Lipinski definition) is 8. The first-order valence-corrected chi connectivity index (χ1v) is 12.4. The van der Waals surface area contributed by atoms with Crippen LogP contribution in [0.2, 0.25) is 0 Å². The topological polar surface area (TPSA) is 353 Å². The Hall–Kier alpha value is -3.17. The van der Waals surface area contributed by atoms with E-state index in [0.29, 0.717) is 0 Å². The summed E-state index contributed by atoms with van der Waals surface area (Å²) in [5, 5.41) is 85.8. The zero-order valence-electron chi connectivity index (χ0n) is 22.3. The minimum atomic E-state index is -2.12. The monoisotopic (exact) mass is 608 g/mol. The highest BCUT2D eigenvalue weighted by Crippen LogP contribution is 2.37. The number of azide groups is 2. The van der Waals surface area contributed by atoms with Crippen LogP contribution in [0.25, 0.3) is 20.9 Å². The van der Waals surface area contributed by atoms with Crippen LogP contribution in [-0.4, -0.2) is 142 Å². The maximum atomic E-state index is 11.8. The molecule has 0 aromatic heterocycles. The van der Waals surface area contributed by atoms with E-state index in [1.165, 1.54) is 0 Å². The summed E-state index contributed by atoms with van der Waals surface area (Å²) in [4.78, 5) is 39.2. The zero-order chi connectivity index (χ0) is 32.0. The van der Waals surface area contributed by atoms with Gasteiger partial charge in [-0.1, -0.05) is 10.2 Å². The van der Waals surface area contributed by atoms with E-state index in [4.69, 9.17) is 35.5 Å². The summed E-state index contributed by atoms with van der Waals surface area (Å²) in [6.07, 6.45) is -10.4. The van der Waals surface area contributed by atoms with Crippen molar-refractivity contribution in [2.24, 2.45) is 16.1 Å². The minimum Gasteiger partial charge on any atom is -0.544 e. The number of ketones is 1. The van der Waals surface area contributed by atoms with Crippen LogP contribution in [0.4, 0.5) is 0 Å². The van der Waals surface area contributed by atoms with Crippen molar-refractivity contribution in [3.8, 4) is 0 Å². The largest absolute Gasteiger partial charge is 0.544 e. The van der Waals surface area contributed by atoms with Gasteiger partial charge in [-0.15, -0.1) is 0 Å². The second-order valence-corrected chi connectivity index (χ2v) is 9.21. The molecular weight excluding hydrogens is 574 g/mol. The number of hydrogen-bond acceptors (Lipinski definition) is 16. The molecule has 2 aliphatic rings. The Morgan fingerprint density at radius 2 is 1.74 bits per heavy atom. The summed E-state index contributed by atoms with van der Waals surface area (Å²) in [6.45, 7) is -2.28. The van der Waals surface area contributed by atoms with E-state index in [2.05, 4.69) is 25.4 Å². The normalized spacial score (nSPS) is 32.0. The van der Waals surface area contributed by atoms with Gasteiger partial charge in [0.25, 0.3) is 0 Å². The van der Waals surface area contributed by atoms with Crippen molar-refractivity contribution in [3.05, 3.63) is 20.9 Å². The number of amides is 1. The number of aliphatic carboxylic acids is 1. The molecule has 8 N–H and O–H groups in total.